The maximum absolute atomic E-state index is 6.47. The molecule has 0 atom stereocenters. The predicted octanol–water partition coefficient (Wildman–Crippen LogP) is 6.79. The summed E-state index contributed by atoms with van der Waals surface area (Å²) in [5, 5.41) is 9.49. The molecule has 4 heteroatoms. The lowest BCUT2D eigenvalue weighted by Crippen LogP contribution is -1.79. The zero-order chi connectivity index (χ0) is 17.3. The molecule has 0 N–H and O–H groups in total. The van der Waals surface area contributed by atoms with Crippen molar-refractivity contribution in [2.24, 2.45) is 10.2 Å². The standard InChI is InChI=1S/C20H19ClN2O/c1-12-9-13(2)19-17(21)11-18(20(19)14(3)10-12)23-22-15-5-7-16(24-4)8-6-15/h5-11H,1-4H3. The third-order valence-corrected chi connectivity index (χ3v) is 4.33. The summed E-state index contributed by atoms with van der Waals surface area (Å²) in [6, 6.07) is 13.7. The van der Waals surface area contributed by atoms with Gasteiger partial charge >= 0.3 is 0 Å². The first-order chi connectivity index (χ1) is 11.5. The van der Waals surface area contributed by atoms with E-state index in [1.54, 1.807) is 7.11 Å². The molecule has 0 aliphatic heterocycles. The zero-order valence-electron chi connectivity index (χ0n) is 14.2. The highest BCUT2D eigenvalue weighted by molar-refractivity contribution is 6.35. The Balaban J connectivity index is 2.06. The summed E-state index contributed by atoms with van der Waals surface area (Å²) >= 11 is 6.47. The zero-order valence-corrected chi connectivity index (χ0v) is 15.0. The van der Waals surface area contributed by atoms with Gasteiger partial charge < -0.3 is 4.74 Å². The number of aryl methyl sites for hydroxylation is 3. The molecule has 0 fully saturated rings. The van der Waals surface area contributed by atoms with E-state index in [0.717, 1.165) is 39.4 Å². The van der Waals surface area contributed by atoms with Gasteiger partial charge in [0.1, 0.15) is 5.75 Å². The molecule has 0 radical (unpaired) electrons. The minimum atomic E-state index is 0.713. The van der Waals surface area contributed by atoms with Gasteiger partial charge in [0.05, 0.1) is 23.5 Å². The second-order valence-electron chi connectivity index (χ2n) is 5.92. The summed E-state index contributed by atoms with van der Waals surface area (Å²) in [4.78, 5) is 0. The lowest BCUT2D eigenvalue weighted by molar-refractivity contribution is 0.415. The van der Waals surface area contributed by atoms with E-state index < -0.39 is 0 Å². The fourth-order valence-corrected chi connectivity index (χ4v) is 3.35. The van der Waals surface area contributed by atoms with Crippen LogP contribution in [0.5, 0.6) is 5.75 Å². The minimum Gasteiger partial charge on any atom is -0.497 e. The van der Waals surface area contributed by atoms with Crippen molar-refractivity contribution in [3.8, 4) is 16.9 Å². The van der Waals surface area contributed by atoms with E-state index in [1.165, 1.54) is 5.56 Å². The number of hydrogen-bond acceptors (Lipinski definition) is 3. The highest BCUT2D eigenvalue weighted by Gasteiger charge is 2.18. The van der Waals surface area contributed by atoms with E-state index in [1.807, 2.05) is 30.3 Å². The summed E-state index contributed by atoms with van der Waals surface area (Å²) in [7, 11) is 1.64. The lowest BCUT2D eigenvalue weighted by Gasteiger charge is -2.03. The number of halogens is 1. The number of ether oxygens (including phenoxy) is 1. The highest BCUT2D eigenvalue weighted by Crippen LogP contribution is 2.45. The molecule has 0 saturated carbocycles. The van der Waals surface area contributed by atoms with Crippen molar-refractivity contribution >= 4 is 23.0 Å². The third kappa shape index (κ3) is 3.13. The quantitative estimate of drug-likeness (QED) is 0.484. The van der Waals surface area contributed by atoms with E-state index in [2.05, 4.69) is 43.1 Å². The van der Waals surface area contributed by atoms with E-state index in [9.17, 15) is 0 Å². The molecule has 24 heavy (non-hydrogen) atoms. The molecular formula is C20H19ClN2O. The smallest absolute Gasteiger partial charge is 0.119 e. The van der Waals surface area contributed by atoms with Crippen molar-refractivity contribution in [2.75, 3.05) is 7.11 Å². The molecule has 3 rings (SSSR count). The molecule has 0 aromatic heterocycles. The van der Waals surface area contributed by atoms with E-state index >= 15 is 0 Å². The largest absolute Gasteiger partial charge is 0.497 e. The molecule has 1 aromatic rings. The van der Waals surface area contributed by atoms with Gasteiger partial charge in [0.2, 0.25) is 0 Å². The van der Waals surface area contributed by atoms with Gasteiger partial charge in [0, 0.05) is 11.1 Å². The second-order valence-corrected chi connectivity index (χ2v) is 6.33. The summed E-state index contributed by atoms with van der Waals surface area (Å²) in [5.74, 6) is 0.796. The number of methoxy groups -OCH3 is 1. The van der Waals surface area contributed by atoms with Gasteiger partial charge in [-0.15, -0.1) is 5.11 Å². The van der Waals surface area contributed by atoms with Crippen LogP contribution in [0, 0.1) is 20.8 Å². The topological polar surface area (TPSA) is 34.0 Å². The van der Waals surface area contributed by atoms with Crippen LogP contribution in [0.2, 0.25) is 5.02 Å². The predicted molar refractivity (Wildman–Crippen MR) is 99.5 cm³/mol. The number of rotatable bonds is 3. The van der Waals surface area contributed by atoms with Crippen molar-refractivity contribution in [3.63, 3.8) is 0 Å². The summed E-state index contributed by atoms with van der Waals surface area (Å²) in [6.45, 7) is 6.24. The van der Waals surface area contributed by atoms with Crippen LogP contribution in [0.25, 0.3) is 11.1 Å². The average molecular weight is 339 g/mol. The van der Waals surface area contributed by atoms with Crippen LogP contribution in [0.1, 0.15) is 16.7 Å². The fraction of sp³-hybridized carbons (Fsp3) is 0.200. The first kappa shape index (κ1) is 16.5. The number of benzene rings is 1. The van der Waals surface area contributed by atoms with Crippen molar-refractivity contribution in [1.82, 2.24) is 0 Å². The van der Waals surface area contributed by atoms with Crippen molar-refractivity contribution in [1.29, 1.82) is 0 Å². The Morgan fingerprint density at radius 2 is 1.46 bits per heavy atom. The van der Waals surface area contributed by atoms with Crippen LogP contribution in [-0.2, 0) is 0 Å². The van der Waals surface area contributed by atoms with Crippen LogP contribution in [0.4, 0.5) is 11.4 Å². The van der Waals surface area contributed by atoms with Gasteiger partial charge in [-0.3, -0.25) is 0 Å². The van der Waals surface area contributed by atoms with E-state index in [-0.39, 0.29) is 0 Å². The van der Waals surface area contributed by atoms with Crippen molar-refractivity contribution in [3.05, 3.63) is 64.2 Å². The molecule has 0 bridgehead atoms. The van der Waals surface area contributed by atoms with Crippen molar-refractivity contribution < 1.29 is 4.74 Å². The molecule has 0 heterocycles. The Morgan fingerprint density at radius 3 is 2.08 bits per heavy atom. The highest BCUT2D eigenvalue weighted by atomic mass is 35.5. The fourth-order valence-electron chi connectivity index (χ4n) is 3.00. The Hall–Kier alpha value is -2.39. The molecule has 0 amide bonds. The first-order valence-corrected chi connectivity index (χ1v) is 8.13. The van der Waals surface area contributed by atoms with Gasteiger partial charge in [-0.2, -0.15) is 5.11 Å². The van der Waals surface area contributed by atoms with Gasteiger partial charge in [0.25, 0.3) is 0 Å². The van der Waals surface area contributed by atoms with Crippen LogP contribution < -0.4 is 4.74 Å². The van der Waals surface area contributed by atoms with Gasteiger partial charge in [-0.25, -0.2) is 0 Å². The Labute approximate surface area is 147 Å². The number of fused-ring (bicyclic) bond motifs is 1. The van der Waals surface area contributed by atoms with Crippen LogP contribution in [0.3, 0.4) is 0 Å². The Kier molecular flexibility index (Phi) is 4.54. The number of azo groups is 1. The van der Waals surface area contributed by atoms with Crippen LogP contribution in [0.15, 0.2) is 52.7 Å². The molecule has 0 saturated heterocycles. The number of nitrogens with zero attached hydrogens (tertiary/aromatic N) is 2. The van der Waals surface area contributed by atoms with Crippen LogP contribution in [-0.4, -0.2) is 7.11 Å². The second kappa shape index (κ2) is 6.62. The van der Waals surface area contributed by atoms with Gasteiger partial charge in [-0.05, 0) is 62.2 Å². The molecule has 0 unspecified atom stereocenters. The SMILES string of the molecule is COc1ccc(N=Nc2cc(Cl)c3c(C)cc(C)cc(C)c2-3)cc1. The summed E-state index contributed by atoms with van der Waals surface area (Å²) in [5.41, 5.74) is 7.16. The molecule has 2 aliphatic rings. The molecule has 1 aromatic carbocycles. The van der Waals surface area contributed by atoms with Crippen molar-refractivity contribution in [2.45, 2.75) is 20.8 Å². The molecule has 122 valence electrons. The molecule has 2 aliphatic carbocycles. The average Bonchev–Trinajstić information content (AvgIpc) is 2.83. The molecular weight excluding hydrogens is 320 g/mol. The third-order valence-electron chi connectivity index (χ3n) is 4.03. The normalized spacial score (nSPS) is 11.4. The maximum atomic E-state index is 6.47. The monoisotopic (exact) mass is 338 g/mol. The number of hydrogen-bond donors (Lipinski definition) is 0. The Bertz CT molecular complexity index is 885. The van der Waals surface area contributed by atoms with Gasteiger partial charge in [0.15, 0.2) is 0 Å². The Morgan fingerprint density at radius 1 is 0.833 bits per heavy atom. The van der Waals surface area contributed by atoms with Crippen LogP contribution >= 0.6 is 11.6 Å². The lowest BCUT2D eigenvalue weighted by atomic mass is 10.0. The summed E-state index contributed by atoms with van der Waals surface area (Å²) < 4.78 is 5.15. The molecule has 3 nitrogen and oxygen atoms in total. The van der Waals surface area contributed by atoms with E-state index in [4.69, 9.17) is 16.3 Å². The maximum Gasteiger partial charge on any atom is 0.119 e. The molecule has 0 spiro atoms. The summed E-state index contributed by atoms with van der Waals surface area (Å²) in [6.07, 6.45) is 0. The first-order valence-electron chi connectivity index (χ1n) is 7.75. The minimum absolute atomic E-state index is 0.713. The van der Waals surface area contributed by atoms with E-state index in [0.29, 0.717) is 5.02 Å². The van der Waals surface area contributed by atoms with Gasteiger partial charge in [-0.1, -0.05) is 29.3 Å².